The first-order chi connectivity index (χ1) is 4.20. The molecule has 1 rings (SSSR count). The third kappa shape index (κ3) is 2.01. The second-order valence-electron chi connectivity index (χ2n) is 2.60. The second kappa shape index (κ2) is 2.35. The summed E-state index contributed by atoms with van der Waals surface area (Å²) in [4.78, 5) is 10.0. The largest absolute Gasteiger partial charge is 0.548 e. The first kappa shape index (κ1) is 6.55. The van der Waals surface area contributed by atoms with Gasteiger partial charge in [-0.05, 0) is 12.3 Å². The van der Waals surface area contributed by atoms with Crippen LogP contribution in [0.15, 0.2) is 0 Å². The molecule has 9 heavy (non-hydrogen) atoms. The molecule has 0 amide bonds. The summed E-state index contributed by atoms with van der Waals surface area (Å²) in [5, 5.41) is 10.0. The zero-order valence-corrected chi connectivity index (χ0v) is 5.17. The van der Waals surface area contributed by atoms with Gasteiger partial charge < -0.3 is 15.6 Å². The molecule has 1 fully saturated rings. The van der Waals surface area contributed by atoms with Gasteiger partial charge in [0.25, 0.3) is 0 Å². The van der Waals surface area contributed by atoms with Crippen LogP contribution in [0.4, 0.5) is 0 Å². The van der Waals surface area contributed by atoms with Crippen LogP contribution >= 0.6 is 0 Å². The second-order valence-corrected chi connectivity index (χ2v) is 2.60. The average molecular weight is 128 g/mol. The Labute approximate surface area is 53.9 Å². The third-order valence-corrected chi connectivity index (χ3v) is 1.59. The van der Waals surface area contributed by atoms with Gasteiger partial charge in [0.15, 0.2) is 0 Å². The molecule has 0 aromatic carbocycles. The Balaban J connectivity index is 2.16. The number of aliphatic carboxylic acids is 1. The van der Waals surface area contributed by atoms with Crippen molar-refractivity contribution >= 4 is 5.97 Å². The fraction of sp³-hybridized carbons (Fsp3) is 0.833. The number of nitrogens with two attached hydrogens (primary N) is 1. The van der Waals surface area contributed by atoms with E-state index < -0.39 is 12.0 Å². The highest BCUT2D eigenvalue weighted by atomic mass is 16.4. The molecule has 3 heteroatoms. The fourth-order valence-electron chi connectivity index (χ4n) is 0.809. The SMILES string of the molecule is N[C@@H](CC1CC1)C(=O)[O-]. The molecule has 0 heterocycles. The highest BCUT2D eigenvalue weighted by Crippen LogP contribution is 2.32. The van der Waals surface area contributed by atoms with Crippen molar-refractivity contribution in [2.24, 2.45) is 11.7 Å². The zero-order valence-electron chi connectivity index (χ0n) is 5.17. The number of carbonyl (C=O) groups excluding carboxylic acids is 1. The molecule has 0 unspecified atom stereocenters. The Kier molecular flexibility index (Phi) is 1.71. The van der Waals surface area contributed by atoms with Crippen LogP contribution in [0.5, 0.6) is 0 Å². The summed E-state index contributed by atoms with van der Waals surface area (Å²) in [5.74, 6) is -0.556. The lowest BCUT2D eigenvalue weighted by Crippen LogP contribution is -2.42. The van der Waals surface area contributed by atoms with E-state index in [0.29, 0.717) is 12.3 Å². The Morgan fingerprint density at radius 3 is 2.67 bits per heavy atom. The number of hydrogen-bond donors (Lipinski definition) is 1. The van der Waals surface area contributed by atoms with E-state index in [-0.39, 0.29) is 0 Å². The van der Waals surface area contributed by atoms with Crippen LogP contribution < -0.4 is 10.8 Å². The van der Waals surface area contributed by atoms with Crippen molar-refractivity contribution < 1.29 is 9.90 Å². The average Bonchev–Trinajstić information content (AvgIpc) is 2.50. The maximum Gasteiger partial charge on any atom is 0.0582 e. The van der Waals surface area contributed by atoms with Crippen LogP contribution in [-0.2, 0) is 4.79 Å². The van der Waals surface area contributed by atoms with E-state index in [2.05, 4.69) is 0 Å². The lowest BCUT2D eigenvalue weighted by Gasteiger charge is -2.10. The number of carboxylic acids is 1. The van der Waals surface area contributed by atoms with Gasteiger partial charge in [0, 0.05) is 6.04 Å². The van der Waals surface area contributed by atoms with Crippen molar-refractivity contribution in [2.45, 2.75) is 25.3 Å². The van der Waals surface area contributed by atoms with Crippen LogP contribution in [-0.4, -0.2) is 12.0 Å². The number of rotatable bonds is 3. The van der Waals surface area contributed by atoms with Gasteiger partial charge in [0.05, 0.1) is 5.97 Å². The van der Waals surface area contributed by atoms with Gasteiger partial charge in [-0.3, -0.25) is 0 Å². The number of hydrogen-bond acceptors (Lipinski definition) is 3. The molecule has 1 aliphatic carbocycles. The molecule has 0 bridgehead atoms. The first-order valence-corrected chi connectivity index (χ1v) is 3.16. The van der Waals surface area contributed by atoms with Crippen molar-refractivity contribution in [3.8, 4) is 0 Å². The fourth-order valence-corrected chi connectivity index (χ4v) is 0.809. The van der Waals surface area contributed by atoms with Crippen LogP contribution in [0.2, 0.25) is 0 Å². The lowest BCUT2D eigenvalue weighted by molar-refractivity contribution is -0.307. The molecule has 2 N–H and O–H groups in total. The van der Waals surface area contributed by atoms with Gasteiger partial charge in [-0.2, -0.15) is 0 Å². The summed E-state index contributed by atoms with van der Waals surface area (Å²) in [6.45, 7) is 0. The Morgan fingerprint density at radius 1 is 1.78 bits per heavy atom. The van der Waals surface area contributed by atoms with Crippen molar-refractivity contribution in [3.05, 3.63) is 0 Å². The smallest absolute Gasteiger partial charge is 0.0582 e. The van der Waals surface area contributed by atoms with Crippen LogP contribution in [0.25, 0.3) is 0 Å². The van der Waals surface area contributed by atoms with E-state index in [1.54, 1.807) is 0 Å². The Hall–Kier alpha value is -0.570. The zero-order chi connectivity index (χ0) is 6.85. The normalized spacial score (nSPS) is 21.4. The van der Waals surface area contributed by atoms with Crippen LogP contribution in [0, 0.1) is 5.92 Å². The molecule has 52 valence electrons. The molecule has 1 saturated carbocycles. The molecule has 1 atom stereocenters. The quantitative estimate of drug-likeness (QED) is 0.522. The molecule has 1 aliphatic rings. The number of carboxylic acid groups (broad SMARTS) is 1. The van der Waals surface area contributed by atoms with E-state index in [4.69, 9.17) is 5.73 Å². The summed E-state index contributed by atoms with van der Waals surface area (Å²) < 4.78 is 0. The highest BCUT2D eigenvalue weighted by Gasteiger charge is 2.23. The van der Waals surface area contributed by atoms with Gasteiger partial charge in [-0.25, -0.2) is 0 Å². The van der Waals surface area contributed by atoms with Crippen molar-refractivity contribution in [3.63, 3.8) is 0 Å². The van der Waals surface area contributed by atoms with E-state index in [0.717, 1.165) is 12.8 Å². The predicted octanol–water partition coefficient (Wildman–Crippen LogP) is -1.14. The van der Waals surface area contributed by atoms with Gasteiger partial charge in [-0.1, -0.05) is 12.8 Å². The summed E-state index contributed by atoms with van der Waals surface area (Å²) in [6.07, 6.45) is 2.88. The Morgan fingerprint density at radius 2 is 2.33 bits per heavy atom. The highest BCUT2D eigenvalue weighted by molar-refractivity contribution is 5.70. The maximum atomic E-state index is 10.0. The van der Waals surface area contributed by atoms with Crippen LogP contribution in [0.3, 0.4) is 0 Å². The minimum atomic E-state index is -1.12. The van der Waals surface area contributed by atoms with Gasteiger partial charge in [0.2, 0.25) is 0 Å². The molecule has 0 radical (unpaired) electrons. The molecule has 0 aliphatic heterocycles. The summed E-state index contributed by atoms with van der Waals surface area (Å²) in [7, 11) is 0. The van der Waals surface area contributed by atoms with Crippen molar-refractivity contribution in [1.29, 1.82) is 0 Å². The summed E-state index contributed by atoms with van der Waals surface area (Å²) in [5.41, 5.74) is 5.20. The van der Waals surface area contributed by atoms with Gasteiger partial charge in [-0.15, -0.1) is 0 Å². The van der Waals surface area contributed by atoms with Gasteiger partial charge >= 0.3 is 0 Å². The summed E-state index contributed by atoms with van der Waals surface area (Å²) in [6, 6.07) is -0.738. The van der Waals surface area contributed by atoms with Crippen LogP contribution in [0.1, 0.15) is 19.3 Å². The number of carbonyl (C=O) groups is 1. The van der Waals surface area contributed by atoms with E-state index in [9.17, 15) is 9.90 Å². The monoisotopic (exact) mass is 128 g/mol. The third-order valence-electron chi connectivity index (χ3n) is 1.59. The molecule has 0 spiro atoms. The predicted molar refractivity (Wildman–Crippen MR) is 30.3 cm³/mol. The summed E-state index contributed by atoms with van der Waals surface area (Å²) >= 11 is 0. The van der Waals surface area contributed by atoms with E-state index in [1.807, 2.05) is 0 Å². The molecular weight excluding hydrogens is 118 g/mol. The van der Waals surface area contributed by atoms with Crippen molar-refractivity contribution in [2.75, 3.05) is 0 Å². The molecular formula is C6H10NO2-. The Bertz CT molecular complexity index is 120. The molecule has 3 nitrogen and oxygen atoms in total. The van der Waals surface area contributed by atoms with E-state index in [1.165, 1.54) is 0 Å². The standard InChI is InChI=1S/C6H11NO2/c7-5(6(8)9)3-4-1-2-4/h4-5H,1-3,7H2,(H,8,9)/p-1/t5-/m0/s1. The lowest BCUT2D eigenvalue weighted by atomic mass is 10.1. The first-order valence-electron chi connectivity index (χ1n) is 3.16. The van der Waals surface area contributed by atoms with Crippen molar-refractivity contribution in [1.82, 2.24) is 0 Å². The molecule has 0 aromatic rings. The maximum absolute atomic E-state index is 10.0. The molecule has 0 aromatic heterocycles. The van der Waals surface area contributed by atoms with Gasteiger partial charge in [0.1, 0.15) is 0 Å². The topological polar surface area (TPSA) is 66.2 Å². The van der Waals surface area contributed by atoms with E-state index >= 15 is 0 Å². The molecule has 0 saturated heterocycles. The minimum absolute atomic E-state index is 0.567. The minimum Gasteiger partial charge on any atom is -0.548 e.